The van der Waals surface area contributed by atoms with Crippen molar-refractivity contribution in [2.45, 2.75) is 57.2 Å². The minimum absolute atomic E-state index is 0.0812. The standard InChI is InChI=1S/C21H27N3O5/c1-13-16-9-8-14(10-18(16)24(22-13)15-6-4-5-7-15)17-11-19(29-23(17)2)21(26)28-12-20(25)27-3/h8-10,15,17,19H,4-7,11-12H2,1-3H3. The van der Waals surface area contributed by atoms with Crippen LogP contribution in [0.3, 0.4) is 0 Å². The van der Waals surface area contributed by atoms with Gasteiger partial charge in [-0.05, 0) is 31.4 Å². The van der Waals surface area contributed by atoms with Crippen LogP contribution in [0, 0.1) is 6.92 Å². The molecule has 1 aromatic carbocycles. The predicted molar refractivity (Wildman–Crippen MR) is 105 cm³/mol. The fraction of sp³-hybridized carbons (Fsp3) is 0.571. The van der Waals surface area contributed by atoms with Crippen LogP contribution in [0.4, 0.5) is 0 Å². The molecule has 2 aromatic rings. The molecular formula is C21H27N3O5. The maximum absolute atomic E-state index is 12.2. The predicted octanol–water partition coefficient (Wildman–Crippen LogP) is 2.85. The average Bonchev–Trinajstić information content (AvgIpc) is 3.45. The van der Waals surface area contributed by atoms with Gasteiger partial charge in [0.2, 0.25) is 0 Å². The first-order valence-corrected chi connectivity index (χ1v) is 10.1. The molecule has 1 saturated heterocycles. The number of hydrogen-bond donors (Lipinski definition) is 0. The molecule has 0 bridgehead atoms. The molecule has 8 nitrogen and oxygen atoms in total. The van der Waals surface area contributed by atoms with Crippen molar-refractivity contribution in [3.63, 3.8) is 0 Å². The third-order valence-electron chi connectivity index (χ3n) is 5.96. The van der Waals surface area contributed by atoms with Crippen LogP contribution in [-0.4, -0.2) is 53.7 Å². The number of nitrogens with zero attached hydrogens (tertiary/aromatic N) is 3. The summed E-state index contributed by atoms with van der Waals surface area (Å²) < 4.78 is 11.7. The number of aryl methyl sites for hydroxylation is 1. The third kappa shape index (κ3) is 3.86. The highest BCUT2D eigenvalue weighted by molar-refractivity contribution is 5.83. The molecule has 156 valence electrons. The summed E-state index contributed by atoms with van der Waals surface area (Å²) in [6.45, 7) is 1.64. The lowest BCUT2D eigenvalue weighted by atomic mass is 10.00. The molecular weight excluding hydrogens is 374 g/mol. The number of carbonyl (C=O) groups is 2. The van der Waals surface area contributed by atoms with Gasteiger partial charge < -0.3 is 9.47 Å². The Labute approximate surface area is 169 Å². The highest BCUT2D eigenvalue weighted by Crippen LogP contribution is 2.37. The van der Waals surface area contributed by atoms with Gasteiger partial charge in [0, 0.05) is 18.9 Å². The Balaban J connectivity index is 1.54. The number of benzene rings is 1. The van der Waals surface area contributed by atoms with Crippen LogP contribution in [0.5, 0.6) is 0 Å². The van der Waals surface area contributed by atoms with Gasteiger partial charge in [0.1, 0.15) is 0 Å². The van der Waals surface area contributed by atoms with E-state index in [1.807, 2.05) is 14.0 Å². The SMILES string of the molecule is COC(=O)COC(=O)C1CC(c2ccc3c(C)nn(C4CCCC4)c3c2)N(C)O1. The Morgan fingerprint density at radius 2 is 2.03 bits per heavy atom. The van der Waals surface area contributed by atoms with Crippen LogP contribution in [0.25, 0.3) is 10.9 Å². The van der Waals surface area contributed by atoms with E-state index in [9.17, 15) is 9.59 Å². The molecule has 0 radical (unpaired) electrons. The number of hydroxylamine groups is 2. The normalized spacial score (nSPS) is 23.0. The van der Waals surface area contributed by atoms with Crippen molar-refractivity contribution in [1.29, 1.82) is 0 Å². The molecule has 0 N–H and O–H groups in total. The zero-order chi connectivity index (χ0) is 20.5. The van der Waals surface area contributed by atoms with E-state index in [0.717, 1.165) is 22.2 Å². The van der Waals surface area contributed by atoms with Gasteiger partial charge >= 0.3 is 11.9 Å². The number of hydrogen-bond acceptors (Lipinski definition) is 7. The van der Waals surface area contributed by atoms with Crippen molar-refractivity contribution >= 4 is 22.8 Å². The Hall–Kier alpha value is -2.45. The molecule has 1 saturated carbocycles. The topological polar surface area (TPSA) is 82.9 Å². The second-order valence-electron chi connectivity index (χ2n) is 7.82. The van der Waals surface area contributed by atoms with Crippen molar-refractivity contribution in [1.82, 2.24) is 14.8 Å². The summed E-state index contributed by atoms with van der Waals surface area (Å²) in [6, 6.07) is 6.72. The van der Waals surface area contributed by atoms with Gasteiger partial charge in [-0.15, -0.1) is 0 Å². The number of aromatic nitrogens is 2. The number of ether oxygens (including phenoxy) is 2. The lowest BCUT2D eigenvalue weighted by Crippen LogP contribution is -2.26. The monoisotopic (exact) mass is 401 g/mol. The number of methoxy groups -OCH3 is 1. The van der Waals surface area contributed by atoms with Crippen molar-refractivity contribution in [2.75, 3.05) is 20.8 Å². The van der Waals surface area contributed by atoms with E-state index >= 15 is 0 Å². The minimum atomic E-state index is -0.744. The van der Waals surface area contributed by atoms with Gasteiger partial charge in [0.25, 0.3) is 0 Å². The Kier molecular flexibility index (Phi) is 5.56. The van der Waals surface area contributed by atoms with Crippen LogP contribution in [-0.2, 0) is 23.9 Å². The summed E-state index contributed by atoms with van der Waals surface area (Å²) in [4.78, 5) is 29.1. The number of rotatable bonds is 5. The number of carbonyl (C=O) groups excluding carboxylic acids is 2. The number of esters is 2. The molecule has 1 aromatic heterocycles. The molecule has 0 amide bonds. The highest BCUT2D eigenvalue weighted by atomic mass is 16.7. The molecule has 1 aliphatic carbocycles. The minimum Gasteiger partial charge on any atom is -0.466 e. The average molecular weight is 401 g/mol. The quantitative estimate of drug-likeness (QED) is 0.713. The van der Waals surface area contributed by atoms with Gasteiger partial charge in [-0.25, -0.2) is 9.59 Å². The van der Waals surface area contributed by atoms with Gasteiger partial charge in [-0.1, -0.05) is 25.0 Å². The van der Waals surface area contributed by atoms with E-state index < -0.39 is 24.6 Å². The summed E-state index contributed by atoms with van der Waals surface area (Å²) in [5, 5.41) is 7.66. The number of fused-ring (bicyclic) bond motifs is 1. The summed E-state index contributed by atoms with van der Waals surface area (Å²) in [5.41, 5.74) is 3.25. The van der Waals surface area contributed by atoms with Crippen LogP contribution >= 0.6 is 0 Å². The molecule has 0 spiro atoms. The molecule has 29 heavy (non-hydrogen) atoms. The van der Waals surface area contributed by atoms with E-state index in [2.05, 4.69) is 27.6 Å². The first-order chi connectivity index (χ1) is 14.0. The van der Waals surface area contributed by atoms with E-state index in [4.69, 9.17) is 14.7 Å². The maximum Gasteiger partial charge on any atom is 0.344 e. The summed E-state index contributed by atoms with van der Waals surface area (Å²) in [5.74, 6) is -1.15. The van der Waals surface area contributed by atoms with Crippen LogP contribution < -0.4 is 0 Å². The molecule has 2 unspecified atom stereocenters. The van der Waals surface area contributed by atoms with Crippen molar-refractivity contribution in [2.24, 2.45) is 0 Å². The smallest absolute Gasteiger partial charge is 0.344 e. The summed E-state index contributed by atoms with van der Waals surface area (Å²) in [6.07, 6.45) is 4.55. The Morgan fingerprint density at radius 3 is 2.76 bits per heavy atom. The van der Waals surface area contributed by atoms with E-state index in [0.29, 0.717) is 12.5 Å². The zero-order valence-corrected chi connectivity index (χ0v) is 17.1. The first-order valence-electron chi connectivity index (χ1n) is 10.1. The molecule has 1 aliphatic heterocycles. The second kappa shape index (κ2) is 8.12. The lowest BCUT2D eigenvalue weighted by Gasteiger charge is -2.18. The molecule has 2 atom stereocenters. The van der Waals surface area contributed by atoms with Gasteiger partial charge in [-0.2, -0.15) is 10.2 Å². The molecule has 2 aliphatic rings. The summed E-state index contributed by atoms with van der Waals surface area (Å²) in [7, 11) is 3.06. The molecule has 8 heteroatoms. The largest absolute Gasteiger partial charge is 0.466 e. The van der Waals surface area contributed by atoms with Crippen LogP contribution in [0.15, 0.2) is 18.2 Å². The second-order valence-corrected chi connectivity index (χ2v) is 7.82. The summed E-state index contributed by atoms with van der Waals surface area (Å²) >= 11 is 0. The lowest BCUT2D eigenvalue weighted by molar-refractivity contribution is -0.184. The van der Waals surface area contributed by atoms with Gasteiger partial charge in [0.05, 0.1) is 30.4 Å². The van der Waals surface area contributed by atoms with Crippen molar-refractivity contribution < 1.29 is 23.9 Å². The fourth-order valence-corrected chi connectivity index (χ4v) is 4.38. The van der Waals surface area contributed by atoms with Crippen LogP contribution in [0.2, 0.25) is 0 Å². The van der Waals surface area contributed by atoms with Gasteiger partial charge in [0.15, 0.2) is 12.7 Å². The van der Waals surface area contributed by atoms with Gasteiger partial charge in [-0.3, -0.25) is 9.52 Å². The zero-order valence-electron chi connectivity index (χ0n) is 17.1. The first kappa shape index (κ1) is 19.8. The third-order valence-corrected chi connectivity index (χ3v) is 5.96. The molecule has 2 heterocycles. The highest BCUT2D eigenvalue weighted by Gasteiger charge is 2.38. The maximum atomic E-state index is 12.2. The van der Waals surface area contributed by atoms with E-state index in [1.165, 1.54) is 32.8 Å². The molecule has 4 rings (SSSR count). The van der Waals surface area contributed by atoms with E-state index in [1.54, 1.807) is 5.06 Å². The van der Waals surface area contributed by atoms with Crippen molar-refractivity contribution in [3.05, 3.63) is 29.5 Å². The van der Waals surface area contributed by atoms with E-state index in [-0.39, 0.29) is 6.04 Å². The van der Waals surface area contributed by atoms with Crippen molar-refractivity contribution in [3.8, 4) is 0 Å². The fourth-order valence-electron chi connectivity index (χ4n) is 4.38. The Bertz CT molecular complexity index is 918. The Morgan fingerprint density at radius 1 is 1.28 bits per heavy atom. The molecule has 2 fully saturated rings. The van der Waals surface area contributed by atoms with Crippen LogP contribution in [0.1, 0.15) is 55.4 Å².